The average molecular weight is 571 g/mol. The summed E-state index contributed by atoms with van der Waals surface area (Å²) in [7, 11) is 0. The molecule has 1 amide bonds. The van der Waals surface area contributed by atoms with Gasteiger partial charge in [0.05, 0.1) is 35.0 Å². The van der Waals surface area contributed by atoms with Crippen LogP contribution in [0.25, 0.3) is 16.0 Å². The van der Waals surface area contributed by atoms with Crippen LogP contribution in [0.2, 0.25) is 0 Å². The van der Waals surface area contributed by atoms with Gasteiger partial charge in [0.15, 0.2) is 16.6 Å². The summed E-state index contributed by atoms with van der Waals surface area (Å²) in [6.07, 6.45) is 1.63. The summed E-state index contributed by atoms with van der Waals surface area (Å²) in [6.45, 7) is 10.5. The molecule has 5 rings (SSSR count). The number of ether oxygens (including phenoxy) is 3. The maximum absolute atomic E-state index is 13.6. The van der Waals surface area contributed by atoms with E-state index in [0.29, 0.717) is 52.2 Å². The standard InChI is InChI=1S/C32H30N2O6S/c1-5-16-40-24-15-11-21(18-25(24)39-7-3)28-27(29(35)20-9-12-22(13-10-20)38-6-2)30(36)31(37)34(28)32-33-23-14-8-19(4)17-26(23)41-32/h5,8-15,17-18,28,35H,1,6-7,16H2,2-4H3. The van der Waals surface area contributed by atoms with Crippen LogP contribution < -0.4 is 19.1 Å². The zero-order chi connectivity index (χ0) is 29.1. The van der Waals surface area contributed by atoms with E-state index >= 15 is 0 Å². The second-order valence-electron chi connectivity index (χ2n) is 9.33. The molecule has 210 valence electrons. The van der Waals surface area contributed by atoms with Crippen molar-refractivity contribution in [3.63, 3.8) is 0 Å². The lowest BCUT2D eigenvalue weighted by atomic mass is 9.95. The number of fused-ring (bicyclic) bond motifs is 1. The first kappa shape index (κ1) is 27.9. The third kappa shape index (κ3) is 5.40. The van der Waals surface area contributed by atoms with Crippen molar-refractivity contribution in [1.29, 1.82) is 0 Å². The Labute approximate surface area is 242 Å². The van der Waals surface area contributed by atoms with Crippen LogP contribution in [0.1, 0.15) is 36.6 Å². The van der Waals surface area contributed by atoms with Crippen LogP contribution >= 0.6 is 11.3 Å². The number of aromatic nitrogens is 1. The van der Waals surface area contributed by atoms with E-state index in [1.165, 1.54) is 16.2 Å². The minimum absolute atomic E-state index is 0.0446. The SMILES string of the molecule is C=CCOc1ccc(C2C(=C(O)c3ccc(OCC)cc3)C(=O)C(=O)N2c2nc3ccc(C)cc3s2)cc1OCC. The lowest BCUT2D eigenvalue weighted by Crippen LogP contribution is -2.29. The molecule has 1 atom stereocenters. The summed E-state index contributed by atoms with van der Waals surface area (Å²) in [6, 6.07) is 16.8. The second-order valence-corrected chi connectivity index (χ2v) is 10.3. The Morgan fingerprint density at radius 2 is 1.76 bits per heavy atom. The molecule has 41 heavy (non-hydrogen) atoms. The molecule has 8 nitrogen and oxygen atoms in total. The molecule has 0 radical (unpaired) electrons. The number of hydrogen-bond donors (Lipinski definition) is 1. The van der Waals surface area contributed by atoms with Gasteiger partial charge in [0.1, 0.15) is 18.1 Å². The molecule has 3 aromatic carbocycles. The summed E-state index contributed by atoms with van der Waals surface area (Å²) in [5.74, 6) is -0.305. The summed E-state index contributed by atoms with van der Waals surface area (Å²) in [5, 5.41) is 11.9. The topological polar surface area (TPSA) is 98.2 Å². The van der Waals surface area contributed by atoms with E-state index in [9.17, 15) is 14.7 Å². The lowest BCUT2D eigenvalue weighted by Gasteiger charge is -2.24. The van der Waals surface area contributed by atoms with Crippen molar-refractivity contribution in [3.05, 3.63) is 95.6 Å². The van der Waals surface area contributed by atoms with Crippen molar-refractivity contribution in [3.8, 4) is 17.2 Å². The lowest BCUT2D eigenvalue weighted by molar-refractivity contribution is -0.132. The fraction of sp³-hybridized carbons (Fsp3) is 0.219. The minimum atomic E-state index is -0.962. The number of hydrogen-bond acceptors (Lipinski definition) is 8. The number of Topliss-reactive ketones (excluding diaryl/α,β-unsaturated/α-hetero) is 1. The summed E-state index contributed by atoms with van der Waals surface area (Å²) < 4.78 is 18.0. The Hall–Kier alpha value is -4.63. The fourth-order valence-corrected chi connectivity index (χ4v) is 5.82. The fourth-order valence-electron chi connectivity index (χ4n) is 4.73. The molecule has 1 N–H and O–H groups in total. The molecule has 1 aliphatic rings. The normalized spacial score (nSPS) is 16.3. The average Bonchev–Trinajstić information content (AvgIpc) is 3.50. The predicted molar refractivity (Wildman–Crippen MR) is 160 cm³/mol. The number of aryl methyl sites for hydroxylation is 1. The molecule has 2 heterocycles. The van der Waals surface area contributed by atoms with E-state index in [-0.39, 0.29) is 17.9 Å². The van der Waals surface area contributed by atoms with Gasteiger partial charge >= 0.3 is 5.91 Å². The van der Waals surface area contributed by atoms with Crippen molar-refractivity contribution in [1.82, 2.24) is 4.98 Å². The number of aliphatic hydroxyl groups is 1. The van der Waals surface area contributed by atoms with Crippen LogP contribution in [-0.2, 0) is 9.59 Å². The predicted octanol–water partition coefficient (Wildman–Crippen LogP) is 6.59. The largest absolute Gasteiger partial charge is 0.507 e. The van der Waals surface area contributed by atoms with Gasteiger partial charge < -0.3 is 19.3 Å². The highest BCUT2D eigenvalue weighted by molar-refractivity contribution is 7.22. The molecule has 4 aromatic rings. The number of carbonyl (C=O) groups excluding carboxylic acids is 2. The first-order valence-corrected chi connectivity index (χ1v) is 14.1. The van der Waals surface area contributed by atoms with Gasteiger partial charge in [-0.25, -0.2) is 4.98 Å². The van der Waals surface area contributed by atoms with Gasteiger partial charge in [-0.3, -0.25) is 14.5 Å². The van der Waals surface area contributed by atoms with Gasteiger partial charge in [0.2, 0.25) is 0 Å². The minimum Gasteiger partial charge on any atom is -0.507 e. The van der Waals surface area contributed by atoms with Crippen LogP contribution in [-0.4, -0.2) is 41.6 Å². The number of anilines is 1. The number of thiazole rings is 1. The molecule has 1 unspecified atom stereocenters. The van der Waals surface area contributed by atoms with Crippen molar-refractivity contribution < 1.29 is 28.9 Å². The number of amides is 1. The zero-order valence-corrected chi connectivity index (χ0v) is 23.9. The molecule has 1 fully saturated rings. The summed E-state index contributed by atoms with van der Waals surface area (Å²) in [4.78, 5) is 33.3. The quantitative estimate of drug-likeness (QED) is 0.0994. The van der Waals surface area contributed by atoms with Crippen LogP contribution in [0.3, 0.4) is 0 Å². The third-order valence-electron chi connectivity index (χ3n) is 6.56. The van der Waals surface area contributed by atoms with E-state index in [4.69, 9.17) is 19.2 Å². The third-order valence-corrected chi connectivity index (χ3v) is 7.58. The molecular weight excluding hydrogens is 540 g/mol. The first-order valence-electron chi connectivity index (χ1n) is 13.3. The Balaban J connectivity index is 1.69. The molecule has 1 saturated heterocycles. The highest BCUT2D eigenvalue weighted by Crippen LogP contribution is 2.46. The Bertz CT molecular complexity index is 1660. The highest BCUT2D eigenvalue weighted by Gasteiger charge is 2.48. The molecule has 9 heteroatoms. The number of rotatable bonds is 10. The van der Waals surface area contributed by atoms with E-state index in [0.717, 1.165) is 10.3 Å². The maximum atomic E-state index is 13.6. The van der Waals surface area contributed by atoms with E-state index in [1.807, 2.05) is 39.0 Å². The Morgan fingerprint density at radius 3 is 2.46 bits per heavy atom. The van der Waals surface area contributed by atoms with Crippen molar-refractivity contribution in [2.75, 3.05) is 24.7 Å². The van der Waals surface area contributed by atoms with E-state index in [2.05, 4.69) is 6.58 Å². The second kappa shape index (κ2) is 11.9. The van der Waals surface area contributed by atoms with Gasteiger partial charge in [-0.1, -0.05) is 36.1 Å². The number of benzene rings is 3. The Kier molecular flexibility index (Phi) is 8.07. The first-order chi connectivity index (χ1) is 19.9. The smallest absolute Gasteiger partial charge is 0.301 e. The summed E-state index contributed by atoms with van der Waals surface area (Å²) in [5.41, 5.74) is 2.66. The van der Waals surface area contributed by atoms with Crippen molar-refractivity contribution >= 4 is 44.1 Å². The van der Waals surface area contributed by atoms with E-state index in [1.54, 1.807) is 48.5 Å². The molecule has 0 aliphatic carbocycles. The number of aliphatic hydroxyl groups excluding tert-OH is 1. The Morgan fingerprint density at radius 1 is 1.00 bits per heavy atom. The van der Waals surface area contributed by atoms with Crippen LogP contribution in [0.4, 0.5) is 5.13 Å². The monoisotopic (exact) mass is 570 g/mol. The molecule has 0 bridgehead atoms. The highest BCUT2D eigenvalue weighted by atomic mass is 32.1. The molecule has 0 saturated carbocycles. The van der Waals surface area contributed by atoms with Gasteiger partial charge in [0, 0.05) is 5.56 Å². The van der Waals surface area contributed by atoms with E-state index < -0.39 is 17.7 Å². The zero-order valence-electron chi connectivity index (χ0n) is 23.0. The van der Waals surface area contributed by atoms with Crippen molar-refractivity contribution in [2.45, 2.75) is 26.8 Å². The molecule has 0 spiro atoms. The van der Waals surface area contributed by atoms with Crippen LogP contribution in [0.5, 0.6) is 17.2 Å². The summed E-state index contributed by atoms with van der Waals surface area (Å²) >= 11 is 1.31. The van der Waals surface area contributed by atoms with Gasteiger partial charge in [-0.05, 0) is 80.4 Å². The van der Waals surface area contributed by atoms with Crippen LogP contribution in [0, 0.1) is 6.92 Å². The molecular formula is C32H30N2O6S. The van der Waals surface area contributed by atoms with Crippen molar-refractivity contribution in [2.24, 2.45) is 0 Å². The van der Waals surface area contributed by atoms with Gasteiger partial charge in [-0.2, -0.15) is 0 Å². The van der Waals surface area contributed by atoms with Gasteiger partial charge in [0.25, 0.3) is 5.78 Å². The number of nitrogens with zero attached hydrogens (tertiary/aromatic N) is 2. The maximum Gasteiger partial charge on any atom is 0.301 e. The number of ketones is 1. The molecule has 1 aliphatic heterocycles. The van der Waals surface area contributed by atoms with Crippen LogP contribution in [0.15, 0.2) is 78.9 Å². The molecule has 1 aromatic heterocycles. The van der Waals surface area contributed by atoms with Gasteiger partial charge in [-0.15, -0.1) is 0 Å². The number of carbonyl (C=O) groups is 2.